The van der Waals surface area contributed by atoms with Crippen molar-refractivity contribution in [2.45, 2.75) is 25.4 Å². The average Bonchev–Trinajstić information content (AvgIpc) is 3.09. The highest BCUT2D eigenvalue weighted by Gasteiger charge is 2.20. The highest BCUT2D eigenvalue weighted by Crippen LogP contribution is 2.33. The van der Waals surface area contributed by atoms with Gasteiger partial charge in [-0.3, -0.25) is 0 Å². The van der Waals surface area contributed by atoms with Crippen molar-refractivity contribution in [3.05, 3.63) is 21.3 Å². The van der Waals surface area contributed by atoms with Crippen molar-refractivity contribution in [2.24, 2.45) is 0 Å². The molecule has 0 spiro atoms. The Balaban J connectivity index is 2.15. The summed E-state index contributed by atoms with van der Waals surface area (Å²) in [6.07, 6.45) is 2.62. The second kappa shape index (κ2) is 5.23. The number of hydrogen-bond acceptors (Lipinski definition) is 3. The summed E-state index contributed by atoms with van der Waals surface area (Å²) in [6, 6.07) is 4.90. The van der Waals surface area contributed by atoms with Gasteiger partial charge in [-0.25, -0.2) is 0 Å². The van der Waals surface area contributed by atoms with Crippen LogP contribution in [0.2, 0.25) is 0 Å². The van der Waals surface area contributed by atoms with E-state index in [4.69, 9.17) is 9.47 Å². The van der Waals surface area contributed by atoms with Crippen molar-refractivity contribution < 1.29 is 9.47 Å². The van der Waals surface area contributed by atoms with E-state index in [2.05, 4.69) is 34.0 Å². The van der Waals surface area contributed by atoms with E-state index in [1.165, 1.54) is 18.4 Å². The maximum atomic E-state index is 5.32. The van der Waals surface area contributed by atoms with Crippen LogP contribution in [0.15, 0.2) is 12.1 Å². The number of halogens is 1. The van der Waals surface area contributed by atoms with Crippen LogP contribution in [0.5, 0.6) is 11.5 Å². The Kier molecular flexibility index (Phi) is 3.91. The van der Waals surface area contributed by atoms with E-state index in [1.54, 1.807) is 14.2 Å². The molecule has 1 saturated carbocycles. The molecule has 88 valence electrons. The van der Waals surface area contributed by atoms with Crippen molar-refractivity contribution in [3.8, 4) is 11.5 Å². The second-order valence-electron chi connectivity index (χ2n) is 3.97. The molecular weight excluding hydrogens is 317 g/mol. The molecule has 1 fully saturated rings. The molecule has 0 saturated heterocycles. The maximum Gasteiger partial charge on any atom is 0.174 e. The lowest BCUT2D eigenvalue weighted by Crippen LogP contribution is -2.15. The number of rotatable bonds is 5. The summed E-state index contributed by atoms with van der Waals surface area (Å²) in [5, 5.41) is 3.49. The predicted molar refractivity (Wildman–Crippen MR) is 72.1 cm³/mol. The number of hydrogen-bond donors (Lipinski definition) is 1. The number of nitrogens with one attached hydrogen (secondary N) is 1. The lowest BCUT2D eigenvalue weighted by molar-refractivity contribution is 0.352. The van der Waals surface area contributed by atoms with Crippen LogP contribution < -0.4 is 14.8 Å². The zero-order chi connectivity index (χ0) is 11.5. The van der Waals surface area contributed by atoms with Crippen LogP contribution in [-0.4, -0.2) is 20.3 Å². The summed E-state index contributed by atoms with van der Waals surface area (Å²) in [4.78, 5) is 0. The van der Waals surface area contributed by atoms with Gasteiger partial charge in [-0.2, -0.15) is 0 Å². The summed E-state index contributed by atoms with van der Waals surface area (Å²) in [5.41, 5.74) is 1.24. The molecule has 1 aliphatic carbocycles. The smallest absolute Gasteiger partial charge is 0.174 e. The molecule has 1 aromatic rings. The van der Waals surface area contributed by atoms with E-state index in [0.29, 0.717) is 0 Å². The van der Waals surface area contributed by atoms with Crippen molar-refractivity contribution in [3.63, 3.8) is 0 Å². The Morgan fingerprint density at radius 3 is 2.62 bits per heavy atom. The number of methoxy groups -OCH3 is 2. The monoisotopic (exact) mass is 333 g/mol. The molecule has 0 unspecified atom stereocenters. The van der Waals surface area contributed by atoms with Crippen LogP contribution >= 0.6 is 22.6 Å². The van der Waals surface area contributed by atoms with Gasteiger partial charge in [0.15, 0.2) is 11.5 Å². The van der Waals surface area contributed by atoms with Gasteiger partial charge < -0.3 is 14.8 Å². The van der Waals surface area contributed by atoms with Crippen LogP contribution in [0.1, 0.15) is 18.4 Å². The molecule has 0 radical (unpaired) electrons. The van der Waals surface area contributed by atoms with Crippen molar-refractivity contribution in [1.82, 2.24) is 5.32 Å². The van der Waals surface area contributed by atoms with Crippen LogP contribution in [0.25, 0.3) is 0 Å². The fourth-order valence-corrected chi connectivity index (χ4v) is 2.51. The van der Waals surface area contributed by atoms with E-state index in [1.807, 2.05) is 6.07 Å². The van der Waals surface area contributed by atoms with Gasteiger partial charge in [0.25, 0.3) is 0 Å². The van der Waals surface area contributed by atoms with Gasteiger partial charge in [-0.15, -0.1) is 0 Å². The fourth-order valence-electron chi connectivity index (χ4n) is 1.62. The van der Waals surface area contributed by atoms with E-state index >= 15 is 0 Å². The Hall–Kier alpha value is -0.490. The molecule has 1 N–H and O–H groups in total. The van der Waals surface area contributed by atoms with Gasteiger partial charge in [-0.1, -0.05) is 0 Å². The SMILES string of the molecule is COc1cc(CNC2CC2)cc(I)c1OC. The van der Waals surface area contributed by atoms with Crippen LogP contribution in [0.4, 0.5) is 0 Å². The molecule has 0 heterocycles. The third-order valence-corrected chi connectivity index (χ3v) is 3.47. The van der Waals surface area contributed by atoms with E-state index < -0.39 is 0 Å². The summed E-state index contributed by atoms with van der Waals surface area (Å²) in [6.45, 7) is 0.904. The predicted octanol–water partition coefficient (Wildman–Crippen LogP) is 2.56. The van der Waals surface area contributed by atoms with E-state index in [0.717, 1.165) is 27.7 Å². The average molecular weight is 333 g/mol. The first-order valence-corrected chi connectivity index (χ1v) is 6.46. The molecule has 0 aliphatic heterocycles. The van der Waals surface area contributed by atoms with Gasteiger partial charge in [0.1, 0.15) is 0 Å². The van der Waals surface area contributed by atoms with Crippen molar-refractivity contribution >= 4 is 22.6 Å². The van der Waals surface area contributed by atoms with E-state index in [-0.39, 0.29) is 0 Å². The number of benzene rings is 1. The third-order valence-electron chi connectivity index (χ3n) is 2.67. The van der Waals surface area contributed by atoms with Gasteiger partial charge in [0.05, 0.1) is 17.8 Å². The lowest BCUT2D eigenvalue weighted by atomic mass is 10.2. The molecule has 16 heavy (non-hydrogen) atoms. The Morgan fingerprint density at radius 1 is 1.31 bits per heavy atom. The normalized spacial score (nSPS) is 14.9. The zero-order valence-electron chi connectivity index (χ0n) is 9.55. The first-order chi connectivity index (χ1) is 7.74. The minimum atomic E-state index is 0.728. The van der Waals surface area contributed by atoms with Gasteiger partial charge in [0, 0.05) is 12.6 Å². The molecule has 0 amide bonds. The first-order valence-electron chi connectivity index (χ1n) is 5.38. The van der Waals surface area contributed by atoms with Crippen molar-refractivity contribution in [2.75, 3.05) is 14.2 Å². The molecule has 3 nitrogen and oxygen atoms in total. The zero-order valence-corrected chi connectivity index (χ0v) is 11.7. The minimum absolute atomic E-state index is 0.728. The van der Waals surface area contributed by atoms with Crippen LogP contribution in [-0.2, 0) is 6.54 Å². The fraction of sp³-hybridized carbons (Fsp3) is 0.500. The Bertz CT molecular complexity index is 378. The van der Waals surface area contributed by atoms with Crippen molar-refractivity contribution in [1.29, 1.82) is 0 Å². The van der Waals surface area contributed by atoms with Gasteiger partial charge in [-0.05, 0) is 53.1 Å². The summed E-state index contributed by atoms with van der Waals surface area (Å²) < 4.78 is 11.7. The third kappa shape index (κ3) is 2.79. The lowest BCUT2D eigenvalue weighted by Gasteiger charge is -2.12. The van der Waals surface area contributed by atoms with E-state index in [9.17, 15) is 0 Å². The number of ether oxygens (including phenoxy) is 2. The maximum absolute atomic E-state index is 5.32. The molecule has 2 rings (SSSR count). The molecule has 0 aromatic heterocycles. The molecule has 1 aromatic carbocycles. The minimum Gasteiger partial charge on any atom is -0.493 e. The standard InChI is InChI=1S/C12H16INO2/c1-15-11-6-8(7-14-9-3-4-9)5-10(13)12(11)16-2/h5-6,9,14H,3-4,7H2,1-2H3. The molecule has 0 bridgehead atoms. The highest BCUT2D eigenvalue weighted by atomic mass is 127. The van der Waals surface area contributed by atoms with Gasteiger partial charge >= 0.3 is 0 Å². The highest BCUT2D eigenvalue weighted by molar-refractivity contribution is 14.1. The molecule has 0 atom stereocenters. The summed E-state index contributed by atoms with van der Waals surface area (Å²) in [5.74, 6) is 1.63. The largest absolute Gasteiger partial charge is 0.493 e. The second-order valence-corrected chi connectivity index (χ2v) is 5.13. The molecular formula is C12H16INO2. The van der Waals surface area contributed by atoms with Crippen LogP contribution in [0.3, 0.4) is 0 Å². The summed E-state index contributed by atoms with van der Waals surface area (Å²) >= 11 is 2.27. The quantitative estimate of drug-likeness (QED) is 0.840. The topological polar surface area (TPSA) is 30.5 Å². The Morgan fingerprint density at radius 2 is 2.06 bits per heavy atom. The van der Waals surface area contributed by atoms with Gasteiger partial charge in [0.2, 0.25) is 0 Å². The van der Waals surface area contributed by atoms with Crippen LogP contribution in [0, 0.1) is 3.57 Å². The summed E-state index contributed by atoms with van der Waals surface area (Å²) in [7, 11) is 3.34. The molecule has 1 aliphatic rings. The first kappa shape index (κ1) is 12.0. The molecule has 4 heteroatoms. The Labute approximate surface area is 110 Å².